The first-order valence-electron chi connectivity index (χ1n) is 9.20. The van der Waals surface area contributed by atoms with Gasteiger partial charge in [-0.15, -0.1) is 0 Å². The molecule has 0 saturated heterocycles. The highest BCUT2D eigenvalue weighted by atomic mass is 16.5. The van der Waals surface area contributed by atoms with Crippen molar-refractivity contribution in [2.75, 3.05) is 12.4 Å². The van der Waals surface area contributed by atoms with Crippen LogP contribution < -0.4 is 5.32 Å². The number of methoxy groups -OCH3 is 1. The van der Waals surface area contributed by atoms with Gasteiger partial charge in [-0.05, 0) is 28.0 Å². The molecule has 1 aliphatic rings. The maximum atomic E-state index is 13.5. The van der Waals surface area contributed by atoms with Crippen LogP contribution in [0.15, 0.2) is 65.9 Å². The number of anilines is 1. The van der Waals surface area contributed by atoms with Crippen molar-refractivity contribution >= 4 is 17.7 Å². The molecule has 1 atom stereocenters. The molecule has 0 radical (unpaired) electrons. The topological polar surface area (TPSA) is 99.0 Å². The smallest absolute Gasteiger partial charge is 0.355 e. The maximum absolute atomic E-state index is 13.5. The van der Waals surface area contributed by atoms with E-state index in [1.807, 2.05) is 30.3 Å². The molecule has 1 aromatic heterocycles. The van der Waals surface area contributed by atoms with Crippen molar-refractivity contribution < 1.29 is 14.3 Å². The number of hydrogen-bond donors (Lipinski definition) is 1. The van der Waals surface area contributed by atoms with Gasteiger partial charge in [-0.3, -0.25) is 4.79 Å². The summed E-state index contributed by atoms with van der Waals surface area (Å²) in [5, 5.41) is 14.6. The highest BCUT2D eigenvalue weighted by Crippen LogP contribution is 2.36. The van der Waals surface area contributed by atoms with Gasteiger partial charge in [0.15, 0.2) is 5.78 Å². The molecule has 0 saturated carbocycles. The van der Waals surface area contributed by atoms with E-state index >= 15 is 0 Å². The van der Waals surface area contributed by atoms with Crippen molar-refractivity contribution in [2.24, 2.45) is 0 Å². The van der Waals surface area contributed by atoms with E-state index in [0.29, 0.717) is 5.56 Å². The summed E-state index contributed by atoms with van der Waals surface area (Å²) in [5.74, 6) is -0.697. The second kappa shape index (κ2) is 7.67. The van der Waals surface area contributed by atoms with Gasteiger partial charge in [-0.1, -0.05) is 66.6 Å². The molecule has 1 N–H and O–H groups in total. The summed E-state index contributed by atoms with van der Waals surface area (Å²) in [6.07, 6.45) is 0.891. The van der Waals surface area contributed by atoms with Crippen LogP contribution in [0.4, 0.5) is 5.95 Å². The van der Waals surface area contributed by atoms with Crippen molar-refractivity contribution in [3.05, 3.63) is 82.6 Å². The molecule has 2 aromatic carbocycles. The number of tetrazole rings is 1. The van der Waals surface area contributed by atoms with E-state index in [-0.39, 0.29) is 23.0 Å². The Labute approximate surface area is 167 Å². The zero-order valence-corrected chi connectivity index (χ0v) is 16.0. The molecule has 0 unspecified atom stereocenters. The number of ether oxygens (including phenoxy) is 1. The van der Waals surface area contributed by atoms with Crippen LogP contribution in [0, 0.1) is 0 Å². The molecule has 4 rings (SSSR count). The third-order valence-corrected chi connectivity index (χ3v) is 4.89. The van der Waals surface area contributed by atoms with E-state index in [2.05, 4.69) is 27.8 Å². The molecule has 0 aliphatic carbocycles. The van der Waals surface area contributed by atoms with E-state index in [0.717, 1.165) is 17.5 Å². The van der Waals surface area contributed by atoms with Gasteiger partial charge < -0.3 is 10.1 Å². The van der Waals surface area contributed by atoms with Gasteiger partial charge in [0, 0.05) is 5.56 Å². The quantitative estimate of drug-likeness (QED) is 0.529. The number of ketones is 1. The molecule has 3 aromatic rings. The van der Waals surface area contributed by atoms with Crippen LogP contribution in [0.25, 0.3) is 0 Å². The van der Waals surface area contributed by atoms with Crippen LogP contribution in [-0.2, 0) is 16.0 Å². The van der Waals surface area contributed by atoms with Crippen molar-refractivity contribution in [1.29, 1.82) is 0 Å². The Kier molecular flexibility index (Phi) is 4.90. The second-order valence-electron chi connectivity index (χ2n) is 6.55. The fraction of sp³-hybridized carbons (Fsp3) is 0.190. The summed E-state index contributed by atoms with van der Waals surface area (Å²) in [7, 11) is 1.27. The molecule has 0 fully saturated rings. The number of hydrogen-bond acceptors (Lipinski definition) is 7. The van der Waals surface area contributed by atoms with Gasteiger partial charge in [0.2, 0.25) is 5.95 Å². The Morgan fingerprint density at radius 3 is 2.48 bits per heavy atom. The van der Waals surface area contributed by atoms with Gasteiger partial charge in [-0.25, -0.2) is 4.79 Å². The molecule has 0 amide bonds. The number of aryl methyl sites for hydroxylation is 1. The average molecular weight is 389 g/mol. The van der Waals surface area contributed by atoms with Crippen LogP contribution in [0.5, 0.6) is 0 Å². The second-order valence-corrected chi connectivity index (χ2v) is 6.55. The highest BCUT2D eigenvalue weighted by Gasteiger charge is 2.38. The number of fused-ring (bicyclic) bond motifs is 1. The normalized spacial score (nSPS) is 15.4. The summed E-state index contributed by atoms with van der Waals surface area (Å²) in [5.41, 5.74) is 2.67. The predicted molar refractivity (Wildman–Crippen MR) is 105 cm³/mol. The number of allylic oxidation sites excluding steroid dienone is 1. The van der Waals surface area contributed by atoms with E-state index in [9.17, 15) is 9.59 Å². The van der Waals surface area contributed by atoms with Crippen LogP contribution in [0.1, 0.15) is 34.5 Å². The first-order valence-corrected chi connectivity index (χ1v) is 9.20. The summed E-state index contributed by atoms with van der Waals surface area (Å²) < 4.78 is 6.43. The molecule has 2 heterocycles. The molecule has 146 valence electrons. The van der Waals surface area contributed by atoms with Crippen molar-refractivity contribution in [3.63, 3.8) is 0 Å². The molecule has 29 heavy (non-hydrogen) atoms. The van der Waals surface area contributed by atoms with Crippen LogP contribution in [-0.4, -0.2) is 39.1 Å². The van der Waals surface area contributed by atoms with E-state index in [1.54, 1.807) is 24.3 Å². The SMILES string of the molecule is CCc1ccc([C@@H]2C(C(=O)c3ccccc3)=C(C(=O)OC)Nc3nnnn32)cc1. The highest BCUT2D eigenvalue weighted by molar-refractivity contribution is 6.14. The molecule has 1 aliphatic heterocycles. The monoisotopic (exact) mass is 389 g/mol. The minimum Gasteiger partial charge on any atom is -0.464 e. The van der Waals surface area contributed by atoms with Gasteiger partial charge in [0.05, 0.1) is 12.7 Å². The first kappa shape index (κ1) is 18.5. The number of benzene rings is 2. The predicted octanol–water partition coefficient (Wildman–Crippen LogP) is 2.56. The summed E-state index contributed by atoms with van der Waals surface area (Å²) in [6, 6.07) is 15.9. The number of rotatable bonds is 5. The number of Topliss-reactive ketones (excluding diaryl/α,β-unsaturated/α-hetero) is 1. The Balaban J connectivity index is 1.93. The van der Waals surface area contributed by atoms with E-state index in [1.165, 1.54) is 11.8 Å². The number of aromatic nitrogens is 4. The number of nitrogens with one attached hydrogen (secondary N) is 1. The van der Waals surface area contributed by atoms with Crippen LogP contribution in [0.2, 0.25) is 0 Å². The average Bonchev–Trinajstić information content (AvgIpc) is 3.26. The Morgan fingerprint density at radius 1 is 1.10 bits per heavy atom. The van der Waals surface area contributed by atoms with Crippen molar-refractivity contribution in [2.45, 2.75) is 19.4 Å². The minimum absolute atomic E-state index is 0.0354. The maximum Gasteiger partial charge on any atom is 0.355 e. The molecular weight excluding hydrogens is 370 g/mol. The summed E-state index contributed by atoms with van der Waals surface area (Å²) in [6.45, 7) is 2.07. The third-order valence-electron chi connectivity index (χ3n) is 4.89. The van der Waals surface area contributed by atoms with E-state index in [4.69, 9.17) is 4.74 Å². The first-order chi connectivity index (χ1) is 14.1. The fourth-order valence-electron chi connectivity index (χ4n) is 3.38. The van der Waals surface area contributed by atoms with Crippen LogP contribution in [0.3, 0.4) is 0 Å². The van der Waals surface area contributed by atoms with Gasteiger partial charge in [0.1, 0.15) is 11.7 Å². The molecule has 8 heteroatoms. The molecular formula is C21H19N5O3. The number of carbonyl (C=O) groups is 2. The van der Waals surface area contributed by atoms with Crippen molar-refractivity contribution in [3.8, 4) is 0 Å². The number of nitrogens with zero attached hydrogens (tertiary/aromatic N) is 4. The number of esters is 1. The fourth-order valence-corrected chi connectivity index (χ4v) is 3.38. The van der Waals surface area contributed by atoms with Gasteiger partial charge in [-0.2, -0.15) is 4.68 Å². The lowest BCUT2D eigenvalue weighted by Crippen LogP contribution is -2.32. The zero-order chi connectivity index (χ0) is 20.4. The third kappa shape index (κ3) is 3.29. The molecule has 0 spiro atoms. The minimum atomic E-state index is -0.672. The molecule has 8 nitrogen and oxygen atoms in total. The number of carbonyl (C=O) groups excluding carboxylic acids is 2. The van der Waals surface area contributed by atoms with Crippen molar-refractivity contribution in [1.82, 2.24) is 20.2 Å². The van der Waals surface area contributed by atoms with Crippen LogP contribution >= 0.6 is 0 Å². The Hall–Kier alpha value is -3.81. The standard InChI is InChI=1S/C21H19N5O3/c1-3-13-9-11-14(12-10-13)18-16(19(27)15-7-5-4-6-8-15)17(20(28)29-2)22-21-23-24-25-26(18)21/h4-12,18H,3H2,1-2H3,(H,22,23,25)/t18-/m1/s1. The zero-order valence-electron chi connectivity index (χ0n) is 16.0. The lowest BCUT2D eigenvalue weighted by molar-refractivity contribution is -0.136. The van der Waals surface area contributed by atoms with Gasteiger partial charge >= 0.3 is 5.97 Å². The summed E-state index contributed by atoms with van der Waals surface area (Å²) >= 11 is 0. The molecule has 0 bridgehead atoms. The summed E-state index contributed by atoms with van der Waals surface area (Å²) in [4.78, 5) is 26.0. The lowest BCUT2D eigenvalue weighted by atomic mass is 9.89. The Bertz CT molecular complexity index is 1090. The van der Waals surface area contributed by atoms with E-state index < -0.39 is 12.0 Å². The lowest BCUT2D eigenvalue weighted by Gasteiger charge is -2.28. The Morgan fingerprint density at radius 2 is 1.83 bits per heavy atom. The largest absolute Gasteiger partial charge is 0.464 e. The van der Waals surface area contributed by atoms with Gasteiger partial charge in [0.25, 0.3) is 0 Å².